The molecule has 0 radical (unpaired) electrons. The number of hydrogen-bond acceptors (Lipinski definition) is 3. The third kappa shape index (κ3) is 4.20. The SMILES string of the molecule is Cc1ccc(Cl)cc1NC1=C(c2ccc(F)cc2)C(=O)N(Cc2ccc(F)cc2)C1=O. The minimum Gasteiger partial charge on any atom is -0.350 e. The first-order valence-corrected chi connectivity index (χ1v) is 9.85. The highest BCUT2D eigenvalue weighted by Gasteiger charge is 2.39. The zero-order valence-electron chi connectivity index (χ0n) is 16.5. The third-order valence-electron chi connectivity index (χ3n) is 5.01. The molecule has 0 atom stereocenters. The van der Waals surface area contributed by atoms with Crippen molar-refractivity contribution in [1.82, 2.24) is 4.90 Å². The fourth-order valence-electron chi connectivity index (χ4n) is 3.36. The van der Waals surface area contributed by atoms with Gasteiger partial charge in [0.2, 0.25) is 0 Å². The van der Waals surface area contributed by atoms with Gasteiger partial charge in [-0.25, -0.2) is 8.78 Å². The molecule has 0 aliphatic carbocycles. The molecule has 1 heterocycles. The van der Waals surface area contributed by atoms with Crippen molar-refractivity contribution in [2.24, 2.45) is 0 Å². The van der Waals surface area contributed by atoms with E-state index < -0.39 is 23.4 Å². The van der Waals surface area contributed by atoms with Gasteiger partial charge in [0.25, 0.3) is 11.8 Å². The average molecular weight is 439 g/mol. The molecular formula is C24H17ClF2N2O2. The van der Waals surface area contributed by atoms with Crippen molar-refractivity contribution in [2.45, 2.75) is 13.5 Å². The van der Waals surface area contributed by atoms with Crippen molar-refractivity contribution < 1.29 is 18.4 Å². The van der Waals surface area contributed by atoms with Gasteiger partial charge in [-0.05, 0) is 60.0 Å². The summed E-state index contributed by atoms with van der Waals surface area (Å²) >= 11 is 6.10. The summed E-state index contributed by atoms with van der Waals surface area (Å²) in [5, 5.41) is 3.52. The van der Waals surface area contributed by atoms with Crippen LogP contribution < -0.4 is 5.32 Å². The second-order valence-electron chi connectivity index (χ2n) is 7.16. The number of rotatable bonds is 5. The van der Waals surface area contributed by atoms with E-state index in [1.54, 1.807) is 18.2 Å². The summed E-state index contributed by atoms with van der Waals surface area (Å²) in [5.41, 5.74) is 2.61. The smallest absolute Gasteiger partial charge is 0.278 e. The lowest BCUT2D eigenvalue weighted by atomic mass is 10.0. The van der Waals surface area contributed by atoms with Crippen LogP contribution in [-0.4, -0.2) is 16.7 Å². The number of anilines is 1. The summed E-state index contributed by atoms with van der Waals surface area (Å²) in [6.45, 7) is 1.82. The molecular weight excluding hydrogens is 422 g/mol. The van der Waals surface area contributed by atoms with Crippen molar-refractivity contribution in [1.29, 1.82) is 0 Å². The van der Waals surface area contributed by atoms with Crippen LogP contribution in [-0.2, 0) is 16.1 Å². The Morgan fingerprint density at radius 3 is 2.13 bits per heavy atom. The van der Waals surface area contributed by atoms with Crippen molar-refractivity contribution in [2.75, 3.05) is 5.32 Å². The normalized spacial score (nSPS) is 13.9. The summed E-state index contributed by atoms with van der Waals surface area (Å²) in [6, 6.07) is 16.1. The molecule has 4 nitrogen and oxygen atoms in total. The van der Waals surface area contributed by atoms with Gasteiger partial charge in [-0.1, -0.05) is 41.9 Å². The van der Waals surface area contributed by atoms with E-state index in [9.17, 15) is 18.4 Å². The molecule has 1 N–H and O–H groups in total. The highest BCUT2D eigenvalue weighted by molar-refractivity contribution is 6.36. The Kier molecular flexibility index (Phi) is 5.57. The predicted octanol–water partition coefficient (Wildman–Crippen LogP) is 5.32. The van der Waals surface area contributed by atoms with Crippen LogP contribution in [0.5, 0.6) is 0 Å². The first-order chi connectivity index (χ1) is 14.8. The van der Waals surface area contributed by atoms with E-state index in [0.29, 0.717) is 21.8 Å². The molecule has 156 valence electrons. The van der Waals surface area contributed by atoms with Gasteiger partial charge in [0.1, 0.15) is 17.3 Å². The van der Waals surface area contributed by atoms with Gasteiger partial charge in [-0.15, -0.1) is 0 Å². The Morgan fingerprint density at radius 2 is 1.48 bits per heavy atom. The second kappa shape index (κ2) is 8.32. The van der Waals surface area contributed by atoms with Gasteiger partial charge in [0.05, 0.1) is 12.1 Å². The zero-order valence-corrected chi connectivity index (χ0v) is 17.2. The van der Waals surface area contributed by atoms with Crippen molar-refractivity contribution in [3.63, 3.8) is 0 Å². The molecule has 1 aliphatic heterocycles. The number of aryl methyl sites for hydroxylation is 1. The number of carbonyl (C=O) groups is 2. The number of nitrogens with zero attached hydrogens (tertiary/aromatic N) is 1. The molecule has 2 amide bonds. The molecule has 7 heteroatoms. The van der Waals surface area contributed by atoms with Crippen LogP contribution in [0.25, 0.3) is 5.57 Å². The number of amides is 2. The first-order valence-electron chi connectivity index (χ1n) is 9.47. The first kappa shape index (κ1) is 20.8. The molecule has 31 heavy (non-hydrogen) atoms. The maximum absolute atomic E-state index is 13.4. The molecule has 0 aromatic heterocycles. The van der Waals surface area contributed by atoms with Gasteiger partial charge in [-0.2, -0.15) is 0 Å². The fourth-order valence-corrected chi connectivity index (χ4v) is 3.53. The lowest BCUT2D eigenvalue weighted by molar-refractivity contribution is -0.137. The molecule has 0 saturated heterocycles. The monoisotopic (exact) mass is 438 g/mol. The van der Waals surface area contributed by atoms with Gasteiger partial charge in [-0.3, -0.25) is 14.5 Å². The summed E-state index contributed by atoms with van der Waals surface area (Å²) < 4.78 is 26.7. The van der Waals surface area contributed by atoms with E-state index in [4.69, 9.17) is 11.6 Å². The molecule has 4 rings (SSSR count). The summed E-state index contributed by atoms with van der Waals surface area (Å²) in [4.78, 5) is 27.6. The zero-order chi connectivity index (χ0) is 22.1. The van der Waals surface area contributed by atoms with Crippen molar-refractivity contribution in [3.8, 4) is 0 Å². The molecule has 0 fully saturated rings. The van der Waals surface area contributed by atoms with Gasteiger partial charge in [0.15, 0.2) is 0 Å². The molecule has 0 bridgehead atoms. The highest BCUT2D eigenvalue weighted by atomic mass is 35.5. The Hall–Kier alpha value is -3.51. The van der Waals surface area contributed by atoms with Gasteiger partial charge in [0, 0.05) is 10.7 Å². The quantitative estimate of drug-likeness (QED) is 0.548. The fraction of sp³-hybridized carbons (Fsp3) is 0.0833. The number of halogens is 3. The Bertz CT molecular complexity index is 1210. The largest absolute Gasteiger partial charge is 0.350 e. The van der Waals surface area contributed by atoms with Crippen molar-refractivity contribution >= 4 is 34.7 Å². The van der Waals surface area contributed by atoms with Gasteiger partial charge < -0.3 is 5.32 Å². The van der Waals surface area contributed by atoms with Crippen LogP contribution in [0.4, 0.5) is 14.5 Å². The maximum atomic E-state index is 13.4. The minimum absolute atomic E-state index is 0.0254. The standard InChI is InChI=1S/C24H17ClF2N2O2/c1-14-2-7-17(25)12-20(14)28-22-21(16-5-10-19(27)11-6-16)23(30)29(24(22)31)13-15-3-8-18(26)9-4-15/h2-12,28H,13H2,1H3. The third-order valence-corrected chi connectivity index (χ3v) is 5.25. The number of imide groups is 1. The minimum atomic E-state index is -0.534. The van der Waals surface area contributed by atoms with E-state index in [0.717, 1.165) is 10.5 Å². The average Bonchev–Trinajstić information content (AvgIpc) is 2.97. The van der Waals surface area contributed by atoms with E-state index in [-0.39, 0.29) is 17.8 Å². The Morgan fingerprint density at radius 1 is 0.871 bits per heavy atom. The molecule has 3 aromatic rings. The highest BCUT2D eigenvalue weighted by Crippen LogP contribution is 2.33. The summed E-state index contributed by atoms with van der Waals surface area (Å²) in [7, 11) is 0. The van der Waals surface area contributed by atoms with Crippen LogP contribution in [0, 0.1) is 18.6 Å². The van der Waals surface area contributed by atoms with Crippen LogP contribution >= 0.6 is 11.6 Å². The Balaban J connectivity index is 1.76. The molecule has 0 unspecified atom stereocenters. The van der Waals surface area contributed by atoms with E-state index in [1.807, 2.05) is 6.92 Å². The maximum Gasteiger partial charge on any atom is 0.278 e. The van der Waals surface area contributed by atoms with Crippen LogP contribution in [0.3, 0.4) is 0 Å². The number of nitrogens with one attached hydrogen (secondary N) is 1. The molecule has 3 aromatic carbocycles. The Labute approximate surface area is 182 Å². The molecule has 0 saturated carbocycles. The van der Waals surface area contributed by atoms with Crippen molar-refractivity contribution in [3.05, 3.63) is 106 Å². The lowest BCUT2D eigenvalue weighted by Crippen LogP contribution is -2.32. The summed E-state index contributed by atoms with van der Waals surface area (Å²) in [6.07, 6.45) is 0. The van der Waals surface area contributed by atoms with E-state index in [2.05, 4.69) is 5.32 Å². The molecule has 0 spiro atoms. The van der Waals surface area contributed by atoms with Gasteiger partial charge >= 0.3 is 0 Å². The topological polar surface area (TPSA) is 49.4 Å². The number of hydrogen-bond donors (Lipinski definition) is 1. The van der Waals surface area contributed by atoms with E-state index in [1.165, 1.54) is 48.5 Å². The second-order valence-corrected chi connectivity index (χ2v) is 7.60. The predicted molar refractivity (Wildman–Crippen MR) is 115 cm³/mol. The lowest BCUT2D eigenvalue weighted by Gasteiger charge is -2.16. The summed E-state index contributed by atoms with van der Waals surface area (Å²) in [5.74, 6) is -1.92. The number of carbonyl (C=O) groups excluding carboxylic acids is 2. The van der Waals surface area contributed by atoms with Crippen LogP contribution in [0.15, 0.2) is 72.4 Å². The van der Waals surface area contributed by atoms with E-state index >= 15 is 0 Å². The van der Waals surface area contributed by atoms with Crippen LogP contribution in [0.1, 0.15) is 16.7 Å². The number of benzene rings is 3. The van der Waals surface area contributed by atoms with Crippen LogP contribution in [0.2, 0.25) is 5.02 Å². The molecule has 1 aliphatic rings.